The Kier molecular flexibility index (Phi) is 5.78. The molecule has 1 N–H and O–H groups in total. The van der Waals surface area contributed by atoms with E-state index in [1.165, 1.54) is 10.9 Å². The van der Waals surface area contributed by atoms with Crippen LogP contribution in [0.4, 0.5) is 5.69 Å². The largest absolute Gasteiger partial charge is 0.467 e. The van der Waals surface area contributed by atoms with Crippen molar-refractivity contribution in [1.82, 2.24) is 15.1 Å². The molecule has 3 aromatic rings. The molecule has 0 aliphatic heterocycles. The standard InChI is InChI=1S/C20H24N4O4S/c1-14-7-9-17(10-8-14)24(13-19(25)21-12-18-6-5-11-28-18)29(26,27)20-15(2)22-23(4)16(20)3/h5-11H,12-13H2,1-4H3,(H,21,25). The summed E-state index contributed by atoms with van der Waals surface area (Å²) in [5, 5.41) is 6.91. The van der Waals surface area contributed by atoms with Gasteiger partial charge in [-0.05, 0) is 45.0 Å². The second kappa shape index (κ2) is 8.12. The molecule has 9 heteroatoms. The van der Waals surface area contributed by atoms with Gasteiger partial charge in [0.05, 0.1) is 29.9 Å². The average Bonchev–Trinajstić information content (AvgIpc) is 3.27. The first-order chi connectivity index (χ1) is 13.7. The SMILES string of the molecule is Cc1ccc(N(CC(=O)NCc2ccco2)S(=O)(=O)c2c(C)nn(C)c2C)cc1. The van der Waals surface area contributed by atoms with Crippen LogP contribution in [-0.2, 0) is 28.4 Å². The second-order valence-electron chi connectivity index (χ2n) is 6.83. The predicted molar refractivity (Wildman–Crippen MR) is 109 cm³/mol. The molecule has 0 aliphatic carbocycles. The van der Waals surface area contributed by atoms with Crippen LogP contribution in [0.15, 0.2) is 52.0 Å². The molecule has 0 spiro atoms. The molecule has 0 aliphatic rings. The van der Waals surface area contributed by atoms with E-state index < -0.39 is 15.9 Å². The maximum absolute atomic E-state index is 13.5. The Balaban J connectivity index is 1.94. The summed E-state index contributed by atoms with van der Waals surface area (Å²) in [6.45, 7) is 5.06. The zero-order valence-corrected chi connectivity index (χ0v) is 17.7. The van der Waals surface area contributed by atoms with Crippen LogP contribution in [0, 0.1) is 20.8 Å². The molecule has 0 atom stereocenters. The van der Waals surface area contributed by atoms with Crippen molar-refractivity contribution >= 4 is 21.6 Å². The highest BCUT2D eigenvalue weighted by atomic mass is 32.2. The third-order valence-corrected chi connectivity index (χ3v) is 6.67. The number of nitrogens with zero attached hydrogens (tertiary/aromatic N) is 3. The molecule has 8 nitrogen and oxygen atoms in total. The number of furan rings is 1. The lowest BCUT2D eigenvalue weighted by Crippen LogP contribution is -2.41. The Hall–Kier alpha value is -3.07. The second-order valence-corrected chi connectivity index (χ2v) is 8.63. The normalized spacial score (nSPS) is 11.4. The minimum atomic E-state index is -4.01. The van der Waals surface area contributed by atoms with Crippen molar-refractivity contribution in [3.05, 3.63) is 65.4 Å². The lowest BCUT2D eigenvalue weighted by Gasteiger charge is -2.24. The number of carbonyl (C=O) groups is 1. The number of sulfonamides is 1. The van der Waals surface area contributed by atoms with Crippen molar-refractivity contribution < 1.29 is 17.6 Å². The summed E-state index contributed by atoms with van der Waals surface area (Å²) in [6.07, 6.45) is 1.51. The quantitative estimate of drug-likeness (QED) is 0.638. The van der Waals surface area contributed by atoms with Crippen LogP contribution < -0.4 is 9.62 Å². The first-order valence-corrected chi connectivity index (χ1v) is 10.5. The van der Waals surface area contributed by atoms with Gasteiger partial charge in [-0.25, -0.2) is 8.42 Å². The fraction of sp³-hybridized carbons (Fsp3) is 0.300. The molecule has 29 heavy (non-hydrogen) atoms. The van der Waals surface area contributed by atoms with Crippen LogP contribution in [-0.4, -0.2) is 30.7 Å². The van der Waals surface area contributed by atoms with Crippen molar-refractivity contribution in [1.29, 1.82) is 0 Å². The Morgan fingerprint density at radius 3 is 2.41 bits per heavy atom. The van der Waals surface area contributed by atoms with E-state index in [0.29, 0.717) is 22.8 Å². The van der Waals surface area contributed by atoms with Gasteiger partial charge < -0.3 is 9.73 Å². The maximum atomic E-state index is 13.5. The molecule has 1 amide bonds. The third-order valence-electron chi connectivity index (χ3n) is 4.64. The number of anilines is 1. The van der Waals surface area contributed by atoms with Gasteiger partial charge in [-0.1, -0.05) is 17.7 Å². The lowest BCUT2D eigenvalue weighted by molar-refractivity contribution is -0.119. The number of nitrogens with one attached hydrogen (secondary N) is 1. The smallest absolute Gasteiger partial charge is 0.268 e. The zero-order valence-electron chi connectivity index (χ0n) is 16.8. The fourth-order valence-corrected chi connectivity index (χ4v) is 4.88. The van der Waals surface area contributed by atoms with Crippen molar-refractivity contribution in [2.45, 2.75) is 32.2 Å². The monoisotopic (exact) mass is 416 g/mol. The minimum absolute atomic E-state index is 0.111. The Morgan fingerprint density at radius 1 is 1.17 bits per heavy atom. The lowest BCUT2D eigenvalue weighted by atomic mass is 10.2. The van der Waals surface area contributed by atoms with E-state index in [1.807, 2.05) is 19.1 Å². The van der Waals surface area contributed by atoms with Crippen molar-refractivity contribution in [3.8, 4) is 0 Å². The maximum Gasteiger partial charge on any atom is 0.268 e. The zero-order chi connectivity index (χ0) is 21.2. The van der Waals surface area contributed by atoms with Crippen LogP contribution in [0.3, 0.4) is 0 Å². The van der Waals surface area contributed by atoms with Crippen LogP contribution in [0.2, 0.25) is 0 Å². The Labute approximate surface area is 170 Å². The molecule has 0 radical (unpaired) electrons. The molecule has 2 heterocycles. The van der Waals surface area contributed by atoms with Crippen LogP contribution >= 0.6 is 0 Å². The van der Waals surface area contributed by atoms with E-state index in [1.54, 1.807) is 45.2 Å². The number of hydrogen-bond acceptors (Lipinski definition) is 5. The van der Waals surface area contributed by atoms with Gasteiger partial charge in [0.25, 0.3) is 10.0 Å². The van der Waals surface area contributed by atoms with Crippen LogP contribution in [0.5, 0.6) is 0 Å². The number of amides is 1. The molecule has 0 bridgehead atoms. The van der Waals surface area contributed by atoms with Crippen LogP contribution in [0.25, 0.3) is 0 Å². The van der Waals surface area contributed by atoms with E-state index in [2.05, 4.69) is 10.4 Å². The molecule has 0 saturated heterocycles. The summed E-state index contributed by atoms with van der Waals surface area (Å²) in [5.74, 6) is 0.145. The molecule has 0 saturated carbocycles. The summed E-state index contributed by atoms with van der Waals surface area (Å²) in [6, 6.07) is 10.4. The van der Waals surface area contributed by atoms with Gasteiger partial charge in [0.1, 0.15) is 17.2 Å². The van der Waals surface area contributed by atoms with E-state index in [4.69, 9.17) is 4.42 Å². The van der Waals surface area contributed by atoms with Gasteiger partial charge in [-0.2, -0.15) is 5.10 Å². The predicted octanol–water partition coefficient (Wildman–Crippen LogP) is 2.45. The molecule has 1 aromatic carbocycles. The highest BCUT2D eigenvalue weighted by molar-refractivity contribution is 7.93. The van der Waals surface area contributed by atoms with Gasteiger partial charge in [0.2, 0.25) is 5.91 Å². The van der Waals surface area contributed by atoms with E-state index in [-0.39, 0.29) is 18.0 Å². The van der Waals surface area contributed by atoms with Crippen LogP contribution in [0.1, 0.15) is 22.7 Å². The fourth-order valence-electron chi connectivity index (χ4n) is 3.05. The van der Waals surface area contributed by atoms with Gasteiger partial charge in [0.15, 0.2) is 0 Å². The first kappa shape index (κ1) is 20.7. The van der Waals surface area contributed by atoms with Crippen molar-refractivity contribution in [2.24, 2.45) is 7.05 Å². The van der Waals surface area contributed by atoms with Crippen molar-refractivity contribution in [3.63, 3.8) is 0 Å². The average molecular weight is 417 g/mol. The Bertz CT molecular complexity index is 1100. The number of aryl methyl sites for hydroxylation is 3. The summed E-state index contributed by atoms with van der Waals surface area (Å²) in [5.41, 5.74) is 2.29. The van der Waals surface area contributed by atoms with Gasteiger partial charge in [-0.3, -0.25) is 13.8 Å². The number of hydrogen-bond donors (Lipinski definition) is 1. The number of carbonyl (C=O) groups excluding carboxylic acids is 1. The topological polar surface area (TPSA) is 97.4 Å². The molecule has 2 aromatic heterocycles. The number of aromatic nitrogens is 2. The third kappa shape index (κ3) is 4.34. The summed E-state index contributed by atoms with van der Waals surface area (Å²) in [7, 11) is -2.32. The molecule has 0 unspecified atom stereocenters. The summed E-state index contributed by atoms with van der Waals surface area (Å²) in [4.78, 5) is 12.7. The van der Waals surface area contributed by atoms with Crippen molar-refractivity contribution in [2.75, 3.05) is 10.8 Å². The molecule has 154 valence electrons. The molecule has 3 rings (SSSR count). The van der Waals surface area contributed by atoms with E-state index in [0.717, 1.165) is 9.87 Å². The summed E-state index contributed by atoms with van der Waals surface area (Å²) < 4.78 is 34.9. The van der Waals surface area contributed by atoms with Gasteiger partial charge in [-0.15, -0.1) is 0 Å². The van der Waals surface area contributed by atoms with Gasteiger partial charge >= 0.3 is 0 Å². The van der Waals surface area contributed by atoms with E-state index >= 15 is 0 Å². The number of benzene rings is 1. The molecular formula is C20H24N4O4S. The minimum Gasteiger partial charge on any atom is -0.467 e. The Morgan fingerprint density at radius 2 is 1.86 bits per heavy atom. The first-order valence-electron chi connectivity index (χ1n) is 9.09. The highest BCUT2D eigenvalue weighted by Crippen LogP contribution is 2.27. The molecule has 0 fully saturated rings. The highest BCUT2D eigenvalue weighted by Gasteiger charge is 2.32. The van der Waals surface area contributed by atoms with Gasteiger partial charge in [0, 0.05) is 7.05 Å². The summed E-state index contributed by atoms with van der Waals surface area (Å²) >= 11 is 0. The van der Waals surface area contributed by atoms with E-state index in [9.17, 15) is 13.2 Å². The molecular weight excluding hydrogens is 392 g/mol. The number of rotatable bonds is 7.